The quantitative estimate of drug-likeness (QED) is 0.644. The second-order valence-electron chi connectivity index (χ2n) is 6.15. The monoisotopic (exact) mass is 391 g/mol. The highest BCUT2D eigenvalue weighted by atomic mass is 16.7. The van der Waals surface area contributed by atoms with E-state index in [-0.39, 0.29) is 19.4 Å². The minimum atomic E-state index is -1.14. The highest BCUT2D eigenvalue weighted by Gasteiger charge is 2.34. The standard InChI is InChI=1S/C18H21N3O7/c1-11(20-18(26)27-10-13-6-4-3-5-7-13)16(24)19-12(2)17(25)28-21-14(22)8-9-15(21)23/h3-7,11-12H,8-10H2,1-2H3,(H,19,24)(H,20,26)/t11-,12-/m0/s1. The first-order valence-electron chi connectivity index (χ1n) is 8.63. The van der Waals surface area contributed by atoms with Crippen molar-refractivity contribution in [2.24, 2.45) is 0 Å². The van der Waals surface area contributed by atoms with Crippen molar-refractivity contribution in [1.29, 1.82) is 0 Å². The number of alkyl carbamates (subject to hydrolysis) is 1. The van der Waals surface area contributed by atoms with Crippen LogP contribution in [0.3, 0.4) is 0 Å². The normalized spacial score (nSPS) is 15.6. The molecule has 0 aromatic heterocycles. The van der Waals surface area contributed by atoms with Crippen LogP contribution in [0.4, 0.5) is 4.79 Å². The summed E-state index contributed by atoms with van der Waals surface area (Å²) in [6.07, 6.45) is -0.854. The number of ether oxygens (including phenoxy) is 1. The molecule has 1 heterocycles. The molecule has 28 heavy (non-hydrogen) atoms. The Kier molecular flexibility index (Phi) is 7.08. The maximum Gasteiger partial charge on any atom is 0.408 e. The average molecular weight is 391 g/mol. The van der Waals surface area contributed by atoms with Crippen molar-refractivity contribution in [3.05, 3.63) is 35.9 Å². The third-order valence-electron chi connectivity index (χ3n) is 3.84. The Labute approximate surface area is 161 Å². The zero-order chi connectivity index (χ0) is 20.7. The molecule has 1 fully saturated rings. The fourth-order valence-electron chi connectivity index (χ4n) is 2.23. The van der Waals surface area contributed by atoms with E-state index in [1.807, 2.05) is 6.07 Å². The molecular formula is C18H21N3O7. The summed E-state index contributed by atoms with van der Waals surface area (Å²) in [6, 6.07) is 6.87. The lowest BCUT2D eigenvalue weighted by Gasteiger charge is -2.19. The number of hydrogen-bond acceptors (Lipinski definition) is 7. The molecule has 2 atom stereocenters. The van der Waals surface area contributed by atoms with Crippen LogP contribution >= 0.6 is 0 Å². The molecule has 10 heteroatoms. The Morgan fingerprint density at radius 3 is 2.21 bits per heavy atom. The highest BCUT2D eigenvalue weighted by Crippen LogP contribution is 2.12. The summed E-state index contributed by atoms with van der Waals surface area (Å²) >= 11 is 0. The molecule has 0 aliphatic carbocycles. The van der Waals surface area contributed by atoms with Gasteiger partial charge in [-0.05, 0) is 19.4 Å². The minimum Gasteiger partial charge on any atom is -0.445 e. The third-order valence-corrected chi connectivity index (χ3v) is 3.84. The van der Waals surface area contributed by atoms with Gasteiger partial charge in [-0.25, -0.2) is 9.59 Å². The van der Waals surface area contributed by atoms with E-state index in [4.69, 9.17) is 9.57 Å². The smallest absolute Gasteiger partial charge is 0.408 e. The molecular weight excluding hydrogens is 370 g/mol. The number of nitrogens with zero attached hydrogens (tertiary/aromatic N) is 1. The lowest BCUT2D eigenvalue weighted by atomic mass is 10.2. The van der Waals surface area contributed by atoms with Gasteiger partial charge < -0.3 is 20.2 Å². The van der Waals surface area contributed by atoms with Crippen molar-refractivity contribution < 1.29 is 33.5 Å². The number of benzene rings is 1. The average Bonchev–Trinajstić information content (AvgIpc) is 2.99. The van der Waals surface area contributed by atoms with Crippen LogP contribution in [-0.4, -0.2) is 46.9 Å². The number of hydrogen-bond donors (Lipinski definition) is 2. The SMILES string of the molecule is C[C@H](NC(=O)OCc1ccccc1)C(=O)N[C@@H](C)C(=O)ON1C(=O)CCC1=O. The third kappa shape index (κ3) is 5.79. The van der Waals surface area contributed by atoms with Gasteiger partial charge in [0.25, 0.3) is 11.8 Å². The lowest BCUT2D eigenvalue weighted by Crippen LogP contribution is -2.50. The predicted molar refractivity (Wildman–Crippen MR) is 94.0 cm³/mol. The van der Waals surface area contributed by atoms with Crippen molar-refractivity contribution in [3.63, 3.8) is 0 Å². The fraction of sp³-hybridized carbons (Fsp3) is 0.389. The van der Waals surface area contributed by atoms with Crippen molar-refractivity contribution in [3.8, 4) is 0 Å². The van der Waals surface area contributed by atoms with Crippen LogP contribution in [0.5, 0.6) is 0 Å². The Morgan fingerprint density at radius 1 is 1.00 bits per heavy atom. The molecule has 2 N–H and O–H groups in total. The van der Waals surface area contributed by atoms with Gasteiger partial charge in [0.1, 0.15) is 18.7 Å². The van der Waals surface area contributed by atoms with Crippen LogP contribution in [0.25, 0.3) is 0 Å². The lowest BCUT2D eigenvalue weighted by molar-refractivity contribution is -0.198. The van der Waals surface area contributed by atoms with E-state index >= 15 is 0 Å². The second kappa shape index (κ2) is 9.49. The van der Waals surface area contributed by atoms with Gasteiger partial charge in [-0.1, -0.05) is 30.3 Å². The number of hydroxylamine groups is 2. The molecule has 10 nitrogen and oxygen atoms in total. The largest absolute Gasteiger partial charge is 0.445 e. The van der Waals surface area contributed by atoms with Gasteiger partial charge in [0.2, 0.25) is 5.91 Å². The summed E-state index contributed by atoms with van der Waals surface area (Å²) in [6.45, 7) is 2.78. The van der Waals surface area contributed by atoms with E-state index in [0.717, 1.165) is 5.56 Å². The molecule has 2 rings (SSSR count). The molecule has 150 valence electrons. The second-order valence-corrected chi connectivity index (χ2v) is 6.15. The first-order chi connectivity index (χ1) is 13.3. The van der Waals surface area contributed by atoms with Crippen molar-refractivity contribution in [1.82, 2.24) is 15.7 Å². The number of amides is 4. The fourth-order valence-corrected chi connectivity index (χ4v) is 2.23. The van der Waals surface area contributed by atoms with Crippen LogP contribution in [0, 0.1) is 0 Å². The van der Waals surface area contributed by atoms with E-state index in [2.05, 4.69) is 10.6 Å². The van der Waals surface area contributed by atoms with Gasteiger partial charge in [-0.15, -0.1) is 5.06 Å². The maximum atomic E-state index is 12.1. The molecule has 1 saturated heterocycles. The minimum absolute atomic E-state index is 0.0289. The summed E-state index contributed by atoms with van der Waals surface area (Å²) in [7, 11) is 0. The molecule has 0 saturated carbocycles. The molecule has 1 aliphatic rings. The number of rotatable bonds is 7. The Bertz CT molecular complexity index is 750. The summed E-state index contributed by atoms with van der Waals surface area (Å²) < 4.78 is 5.01. The van der Waals surface area contributed by atoms with Crippen LogP contribution in [-0.2, 0) is 35.4 Å². The predicted octanol–water partition coefficient (Wildman–Crippen LogP) is 0.413. The molecule has 0 bridgehead atoms. The molecule has 0 spiro atoms. The molecule has 1 aliphatic heterocycles. The number of carbonyl (C=O) groups is 5. The van der Waals surface area contributed by atoms with Crippen LogP contribution in [0.2, 0.25) is 0 Å². The van der Waals surface area contributed by atoms with E-state index in [0.29, 0.717) is 5.06 Å². The zero-order valence-corrected chi connectivity index (χ0v) is 15.5. The van der Waals surface area contributed by atoms with Gasteiger partial charge >= 0.3 is 12.1 Å². The van der Waals surface area contributed by atoms with Gasteiger partial charge in [0.15, 0.2) is 0 Å². The topological polar surface area (TPSA) is 131 Å². The number of nitrogens with one attached hydrogen (secondary N) is 2. The van der Waals surface area contributed by atoms with Crippen molar-refractivity contribution in [2.75, 3.05) is 0 Å². The van der Waals surface area contributed by atoms with Gasteiger partial charge in [0, 0.05) is 12.8 Å². The summed E-state index contributed by atoms with van der Waals surface area (Å²) in [5, 5.41) is 5.06. The van der Waals surface area contributed by atoms with E-state index in [9.17, 15) is 24.0 Å². The zero-order valence-electron chi connectivity index (χ0n) is 15.5. The summed E-state index contributed by atoms with van der Waals surface area (Å²) in [4.78, 5) is 63.4. The summed E-state index contributed by atoms with van der Waals surface area (Å²) in [5.41, 5.74) is 0.789. The molecule has 4 amide bonds. The molecule has 0 unspecified atom stereocenters. The van der Waals surface area contributed by atoms with Crippen LogP contribution < -0.4 is 10.6 Å². The van der Waals surface area contributed by atoms with Gasteiger partial charge in [0.05, 0.1) is 0 Å². The number of carbonyl (C=O) groups excluding carboxylic acids is 5. The van der Waals surface area contributed by atoms with Gasteiger partial charge in [-0.3, -0.25) is 14.4 Å². The van der Waals surface area contributed by atoms with E-state index in [1.165, 1.54) is 13.8 Å². The van der Waals surface area contributed by atoms with Crippen LogP contribution in [0.1, 0.15) is 32.3 Å². The maximum absolute atomic E-state index is 12.1. The van der Waals surface area contributed by atoms with Crippen molar-refractivity contribution >= 4 is 29.8 Å². The molecule has 0 radical (unpaired) electrons. The van der Waals surface area contributed by atoms with E-state index < -0.39 is 41.9 Å². The highest BCUT2D eigenvalue weighted by molar-refractivity contribution is 6.02. The Morgan fingerprint density at radius 2 is 1.61 bits per heavy atom. The first-order valence-corrected chi connectivity index (χ1v) is 8.63. The Balaban J connectivity index is 1.75. The first kappa shape index (κ1) is 20.9. The van der Waals surface area contributed by atoms with E-state index in [1.54, 1.807) is 24.3 Å². The van der Waals surface area contributed by atoms with Crippen LogP contribution in [0.15, 0.2) is 30.3 Å². The number of imide groups is 1. The van der Waals surface area contributed by atoms with Gasteiger partial charge in [-0.2, -0.15) is 0 Å². The molecule has 1 aromatic carbocycles. The summed E-state index contributed by atoms with van der Waals surface area (Å²) in [5.74, 6) is -2.88. The molecule has 1 aromatic rings. The van der Waals surface area contributed by atoms with Crippen molar-refractivity contribution in [2.45, 2.75) is 45.4 Å². The Hall–Kier alpha value is -3.43.